The van der Waals surface area contributed by atoms with Crippen LogP contribution in [0, 0.1) is 0 Å². The maximum Gasteiger partial charge on any atom is 0.320 e. The molecular formula is C15H17ClN4O3. The Kier molecular flexibility index (Phi) is 4.78. The molecule has 2 heterocycles. The standard InChI is InChI=1S/C15H17ClN4O3/c1-19(15(21)20-6-8-22-9-7-20)10-13-17-14(18-23-13)11-2-4-12(16)5-3-11/h2-5H,6-10H2,1H3. The molecule has 0 radical (unpaired) electrons. The van der Waals surface area contributed by atoms with Crippen molar-refractivity contribution in [3.8, 4) is 11.4 Å². The molecule has 23 heavy (non-hydrogen) atoms. The van der Waals surface area contributed by atoms with E-state index >= 15 is 0 Å². The zero-order chi connectivity index (χ0) is 16.2. The molecule has 1 saturated heterocycles. The van der Waals surface area contributed by atoms with Crippen LogP contribution < -0.4 is 0 Å². The third-order valence-electron chi connectivity index (χ3n) is 3.55. The van der Waals surface area contributed by atoms with E-state index in [1.807, 2.05) is 12.1 Å². The zero-order valence-electron chi connectivity index (χ0n) is 12.7. The van der Waals surface area contributed by atoms with Crippen LogP contribution >= 0.6 is 11.6 Å². The van der Waals surface area contributed by atoms with Gasteiger partial charge in [0, 0.05) is 30.7 Å². The lowest BCUT2D eigenvalue weighted by molar-refractivity contribution is 0.0441. The second-order valence-corrected chi connectivity index (χ2v) is 5.69. The molecule has 1 fully saturated rings. The number of hydrogen-bond acceptors (Lipinski definition) is 5. The second kappa shape index (κ2) is 6.97. The zero-order valence-corrected chi connectivity index (χ0v) is 13.5. The first-order valence-corrected chi connectivity index (χ1v) is 7.67. The van der Waals surface area contributed by atoms with Crippen LogP contribution in [0.3, 0.4) is 0 Å². The minimum Gasteiger partial charge on any atom is -0.378 e. The lowest BCUT2D eigenvalue weighted by atomic mass is 10.2. The smallest absolute Gasteiger partial charge is 0.320 e. The fourth-order valence-electron chi connectivity index (χ4n) is 2.30. The average molecular weight is 337 g/mol. The Labute approximate surface area is 138 Å². The maximum absolute atomic E-state index is 12.3. The number of amides is 2. The molecule has 0 bridgehead atoms. The molecule has 1 aromatic heterocycles. The highest BCUT2D eigenvalue weighted by Gasteiger charge is 2.22. The summed E-state index contributed by atoms with van der Waals surface area (Å²) < 4.78 is 10.5. The van der Waals surface area contributed by atoms with E-state index in [1.54, 1.807) is 29.0 Å². The van der Waals surface area contributed by atoms with Crippen LogP contribution in [0.4, 0.5) is 4.79 Å². The number of carbonyl (C=O) groups is 1. The highest BCUT2D eigenvalue weighted by Crippen LogP contribution is 2.19. The van der Waals surface area contributed by atoms with E-state index in [9.17, 15) is 4.79 Å². The van der Waals surface area contributed by atoms with Gasteiger partial charge in [0.25, 0.3) is 0 Å². The third kappa shape index (κ3) is 3.80. The molecule has 1 aliphatic rings. The Morgan fingerprint density at radius 3 is 2.70 bits per heavy atom. The van der Waals surface area contributed by atoms with E-state index in [0.717, 1.165) is 5.56 Å². The summed E-state index contributed by atoms with van der Waals surface area (Å²) in [7, 11) is 1.71. The van der Waals surface area contributed by atoms with E-state index in [4.69, 9.17) is 20.9 Å². The maximum atomic E-state index is 12.3. The van der Waals surface area contributed by atoms with Crippen molar-refractivity contribution in [2.24, 2.45) is 0 Å². The van der Waals surface area contributed by atoms with E-state index < -0.39 is 0 Å². The number of halogens is 1. The van der Waals surface area contributed by atoms with Gasteiger partial charge in [-0.25, -0.2) is 4.79 Å². The minimum atomic E-state index is -0.0699. The van der Waals surface area contributed by atoms with Gasteiger partial charge in [-0.1, -0.05) is 16.8 Å². The van der Waals surface area contributed by atoms with Crippen molar-refractivity contribution in [2.45, 2.75) is 6.54 Å². The molecule has 122 valence electrons. The molecule has 0 N–H and O–H groups in total. The predicted molar refractivity (Wildman–Crippen MR) is 84.0 cm³/mol. The molecule has 0 aliphatic carbocycles. The Balaban J connectivity index is 1.64. The molecule has 0 saturated carbocycles. The summed E-state index contributed by atoms with van der Waals surface area (Å²) >= 11 is 5.86. The summed E-state index contributed by atoms with van der Waals surface area (Å²) in [5, 5.41) is 4.59. The summed E-state index contributed by atoms with van der Waals surface area (Å²) in [5.41, 5.74) is 0.812. The highest BCUT2D eigenvalue weighted by molar-refractivity contribution is 6.30. The van der Waals surface area contributed by atoms with Gasteiger partial charge in [0.15, 0.2) is 0 Å². The monoisotopic (exact) mass is 336 g/mol. The lowest BCUT2D eigenvalue weighted by Gasteiger charge is -2.30. The van der Waals surface area contributed by atoms with Crippen LogP contribution in [0.5, 0.6) is 0 Å². The van der Waals surface area contributed by atoms with Crippen molar-refractivity contribution in [3.63, 3.8) is 0 Å². The van der Waals surface area contributed by atoms with Gasteiger partial charge >= 0.3 is 6.03 Å². The summed E-state index contributed by atoms with van der Waals surface area (Å²) in [6.07, 6.45) is 0. The Hall–Kier alpha value is -2.12. The van der Waals surface area contributed by atoms with Gasteiger partial charge in [-0.05, 0) is 24.3 Å². The largest absolute Gasteiger partial charge is 0.378 e. The van der Waals surface area contributed by atoms with Crippen LogP contribution in [0.15, 0.2) is 28.8 Å². The fraction of sp³-hybridized carbons (Fsp3) is 0.400. The van der Waals surface area contributed by atoms with Crippen molar-refractivity contribution in [1.29, 1.82) is 0 Å². The topological polar surface area (TPSA) is 71.7 Å². The number of benzene rings is 1. The summed E-state index contributed by atoms with van der Waals surface area (Å²) in [6, 6.07) is 7.10. The molecule has 8 heteroatoms. The molecular weight excluding hydrogens is 320 g/mol. The average Bonchev–Trinajstić information content (AvgIpc) is 3.04. The van der Waals surface area contributed by atoms with Gasteiger partial charge in [-0.15, -0.1) is 0 Å². The van der Waals surface area contributed by atoms with Crippen molar-refractivity contribution >= 4 is 17.6 Å². The van der Waals surface area contributed by atoms with Crippen molar-refractivity contribution in [2.75, 3.05) is 33.4 Å². The number of hydrogen-bond donors (Lipinski definition) is 0. The summed E-state index contributed by atoms with van der Waals surface area (Å²) in [5.74, 6) is 0.864. The van der Waals surface area contributed by atoms with Gasteiger partial charge < -0.3 is 19.1 Å². The Morgan fingerprint density at radius 2 is 2.00 bits per heavy atom. The lowest BCUT2D eigenvalue weighted by Crippen LogP contribution is -2.46. The van der Waals surface area contributed by atoms with Crippen LogP contribution in [0.2, 0.25) is 5.02 Å². The number of ether oxygens (including phenoxy) is 1. The van der Waals surface area contributed by atoms with Crippen molar-refractivity contribution < 1.29 is 14.1 Å². The molecule has 3 rings (SSSR count). The Morgan fingerprint density at radius 1 is 1.30 bits per heavy atom. The molecule has 0 unspecified atom stereocenters. The first kappa shape index (κ1) is 15.8. The molecule has 7 nitrogen and oxygen atoms in total. The van der Waals surface area contributed by atoms with Crippen LogP contribution in [-0.2, 0) is 11.3 Å². The Bertz CT molecular complexity index is 668. The highest BCUT2D eigenvalue weighted by atomic mass is 35.5. The van der Waals surface area contributed by atoms with E-state index in [1.165, 1.54) is 0 Å². The van der Waals surface area contributed by atoms with E-state index in [2.05, 4.69) is 10.1 Å². The first-order valence-electron chi connectivity index (χ1n) is 7.30. The second-order valence-electron chi connectivity index (χ2n) is 5.26. The van der Waals surface area contributed by atoms with Gasteiger partial charge in [0.1, 0.15) is 6.54 Å². The summed E-state index contributed by atoms with van der Waals surface area (Å²) in [4.78, 5) is 19.9. The van der Waals surface area contributed by atoms with Crippen LogP contribution in [0.1, 0.15) is 5.89 Å². The number of carbonyl (C=O) groups excluding carboxylic acids is 1. The molecule has 2 aromatic rings. The molecule has 1 aromatic carbocycles. The van der Waals surface area contributed by atoms with Crippen molar-refractivity contribution in [1.82, 2.24) is 19.9 Å². The van der Waals surface area contributed by atoms with E-state index in [-0.39, 0.29) is 12.6 Å². The normalized spacial score (nSPS) is 14.8. The van der Waals surface area contributed by atoms with Crippen molar-refractivity contribution in [3.05, 3.63) is 35.2 Å². The van der Waals surface area contributed by atoms with E-state index in [0.29, 0.717) is 43.0 Å². The third-order valence-corrected chi connectivity index (χ3v) is 3.80. The number of morpholine rings is 1. The molecule has 2 amide bonds. The number of rotatable bonds is 3. The van der Waals surface area contributed by atoms with Crippen LogP contribution in [0.25, 0.3) is 11.4 Å². The van der Waals surface area contributed by atoms with Gasteiger partial charge in [0.05, 0.1) is 13.2 Å². The fourth-order valence-corrected chi connectivity index (χ4v) is 2.43. The molecule has 1 aliphatic heterocycles. The minimum absolute atomic E-state index is 0.0699. The number of urea groups is 1. The predicted octanol–water partition coefficient (Wildman–Crippen LogP) is 2.27. The SMILES string of the molecule is CN(Cc1nc(-c2ccc(Cl)cc2)no1)C(=O)N1CCOCC1. The van der Waals surface area contributed by atoms with Gasteiger partial charge in [-0.3, -0.25) is 0 Å². The quantitative estimate of drug-likeness (QED) is 0.859. The molecule has 0 spiro atoms. The first-order chi connectivity index (χ1) is 11.1. The van der Waals surface area contributed by atoms with Crippen LogP contribution in [-0.4, -0.2) is 59.3 Å². The molecule has 0 atom stereocenters. The number of aromatic nitrogens is 2. The number of nitrogens with zero attached hydrogens (tertiary/aromatic N) is 4. The van der Waals surface area contributed by atoms with Gasteiger partial charge in [-0.2, -0.15) is 4.98 Å². The van der Waals surface area contributed by atoms with Gasteiger partial charge in [0.2, 0.25) is 11.7 Å². The summed E-state index contributed by atoms with van der Waals surface area (Å²) in [6.45, 7) is 2.60.